The van der Waals surface area contributed by atoms with Crippen LogP contribution in [0.15, 0.2) is 18.2 Å². The van der Waals surface area contributed by atoms with Gasteiger partial charge in [0.2, 0.25) is 0 Å². The molecular weight excluding hydrogens is 338 g/mol. The molecule has 1 saturated heterocycles. The highest BCUT2D eigenvalue weighted by Crippen LogP contribution is 2.28. The molecule has 7 heteroatoms. The van der Waals surface area contributed by atoms with Gasteiger partial charge in [-0.2, -0.15) is 0 Å². The molecule has 0 saturated carbocycles. The number of esters is 1. The van der Waals surface area contributed by atoms with Crippen molar-refractivity contribution in [2.75, 3.05) is 33.5 Å². The van der Waals surface area contributed by atoms with Gasteiger partial charge in [-0.25, -0.2) is 4.79 Å². The van der Waals surface area contributed by atoms with Crippen molar-refractivity contribution in [1.29, 1.82) is 0 Å². The summed E-state index contributed by atoms with van der Waals surface area (Å²) in [7, 11) is 1.51. The van der Waals surface area contributed by atoms with Crippen molar-refractivity contribution in [2.24, 2.45) is 0 Å². The van der Waals surface area contributed by atoms with Crippen molar-refractivity contribution in [2.45, 2.75) is 38.7 Å². The highest BCUT2D eigenvalue weighted by molar-refractivity contribution is 5.92. The lowest BCUT2D eigenvalue weighted by molar-refractivity contribution is -0.124. The van der Waals surface area contributed by atoms with Crippen molar-refractivity contribution in [3.8, 4) is 11.5 Å². The molecule has 1 amide bonds. The summed E-state index contributed by atoms with van der Waals surface area (Å²) >= 11 is 0. The average molecular weight is 365 g/mol. The van der Waals surface area contributed by atoms with E-state index in [9.17, 15) is 9.59 Å². The monoisotopic (exact) mass is 365 g/mol. The first-order valence-electron chi connectivity index (χ1n) is 9.00. The van der Waals surface area contributed by atoms with Gasteiger partial charge in [-0.3, -0.25) is 4.79 Å². The Hall–Kier alpha value is -2.28. The molecule has 0 bridgehead atoms. The molecule has 0 aromatic heterocycles. The van der Waals surface area contributed by atoms with Gasteiger partial charge in [-0.05, 0) is 37.5 Å². The fourth-order valence-electron chi connectivity index (χ4n) is 2.54. The zero-order valence-electron chi connectivity index (χ0n) is 15.4. The molecule has 1 aliphatic rings. The third-order valence-electron chi connectivity index (χ3n) is 4.04. The van der Waals surface area contributed by atoms with E-state index < -0.39 is 5.97 Å². The topological polar surface area (TPSA) is 83.1 Å². The second-order valence-corrected chi connectivity index (χ2v) is 6.08. The fraction of sp³-hybridized carbons (Fsp3) is 0.579. The van der Waals surface area contributed by atoms with Gasteiger partial charge in [0.1, 0.15) is 0 Å². The van der Waals surface area contributed by atoms with Gasteiger partial charge in [0.05, 0.1) is 25.4 Å². The Kier molecular flexibility index (Phi) is 8.21. The van der Waals surface area contributed by atoms with Crippen molar-refractivity contribution in [3.63, 3.8) is 0 Å². The number of carbonyl (C=O) groups is 2. The number of amides is 1. The van der Waals surface area contributed by atoms with Gasteiger partial charge < -0.3 is 24.3 Å². The summed E-state index contributed by atoms with van der Waals surface area (Å²) in [5.74, 6) is 0.0983. The molecule has 1 aliphatic heterocycles. The lowest BCUT2D eigenvalue weighted by Crippen LogP contribution is -2.34. The molecule has 1 unspecified atom stereocenters. The Bertz CT molecular complexity index is 598. The van der Waals surface area contributed by atoms with Crippen LogP contribution in [0.5, 0.6) is 11.5 Å². The summed E-state index contributed by atoms with van der Waals surface area (Å²) in [5.41, 5.74) is 0.302. The van der Waals surface area contributed by atoms with Gasteiger partial charge >= 0.3 is 5.97 Å². The van der Waals surface area contributed by atoms with Crippen LogP contribution in [0.2, 0.25) is 0 Å². The molecule has 1 heterocycles. The number of hydrogen-bond acceptors (Lipinski definition) is 6. The van der Waals surface area contributed by atoms with E-state index in [4.69, 9.17) is 18.9 Å². The molecule has 1 N–H and O–H groups in total. The van der Waals surface area contributed by atoms with Crippen LogP contribution in [0.3, 0.4) is 0 Å². The predicted octanol–water partition coefficient (Wildman–Crippen LogP) is 2.33. The smallest absolute Gasteiger partial charge is 0.338 e. The molecule has 0 aliphatic carbocycles. The van der Waals surface area contributed by atoms with Gasteiger partial charge in [0.15, 0.2) is 18.1 Å². The van der Waals surface area contributed by atoms with Crippen LogP contribution in [0.4, 0.5) is 0 Å². The highest BCUT2D eigenvalue weighted by Gasteiger charge is 2.17. The van der Waals surface area contributed by atoms with E-state index in [0.717, 1.165) is 32.3 Å². The number of methoxy groups -OCH3 is 1. The third kappa shape index (κ3) is 6.22. The molecule has 0 spiro atoms. The molecule has 26 heavy (non-hydrogen) atoms. The molecule has 1 aromatic carbocycles. The highest BCUT2D eigenvalue weighted by atomic mass is 16.5. The van der Waals surface area contributed by atoms with E-state index >= 15 is 0 Å². The SMILES string of the molecule is CCCCOc1ccc(C(=O)OCC(=O)NCC2CCCO2)cc1OC. The van der Waals surface area contributed by atoms with Crippen molar-refractivity contribution < 1.29 is 28.5 Å². The van der Waals surface area contributed by atoms with E-state index in [2.05, 4.69) is 12.2 Å². The summed E-state index contributed by atoms with van der Waals surface area (Å²) in [6, 6.07) is 4.81. The van der Waals surface area contributed by atoms with E-state index in [1.807, 2.05) is 0 Å². The van der Waals surface area contributed by atoms with E-state index in [0.29, 0.717) is 30.2 Å². The molecule has 2 rings (SSSR count). The standard InChI is InChI=1S/C19H27NO6/c1-3-4-9-25-16-8-7-14(11-17(16)23-2)19(22)26-13-18(21)20-12-15-6-5-10-24-15/h7-8,11,15H,3-6,9-10,12-13H2,1-2H3,(H,20,21). The van der Waals surface area contributed by atoms with E-state index in [1.165, 1.54) is 7.11 Å². The molecule has 7 nitrogen and oxygen atoms in total. The zero-order valence-corrected chi connectivity index (χ0v) is 15.4. The Labute approximate surface area is 153 Å². The Balaban J connectivity index is 1.81. The Morgan fingerprint density at radius 1 is 1.31 bits per heavy atom. The van der Waals surface area contributed by atoms with Crippen LogP contribution < -0.4 is 14.8 Å². The van der Waals surface area contributed by atoms with E-state index in [1.54, 1.807) is 18.2 Å². The second-order valence-electron chi connectivity index (χ2n) is 6.08. The van der Waals surface area contributed by atoms with Crippen LogP contribution in [0.1, 0.15) is 43.0 Å². The number of benzene rings is 1. The maximum Gasteiger partial charge on any atom is 0.338 e. The van der Waals surface area contributed by atoms with Gasteiger partial charge in [0, 0.05) is 13.2 Å². The summed E-state index contributed by atoms with van der Waals surface area (Å²) in [4.78, 5) is 23.9. The molecule has 0 radical (unpaired) electrons. The Morgan fingerprint density at radius 2 is 2.15 bits per heavy atom. The Morgan fingerprint density at radius 3 is 2.85 bits per heavy atom. The summed E-state index contributed by atoms with van der Waals surface area (Å²) in [6.07, 6.45) is 3.97. The van der Waals surface area contributed by atoms with Crippen LogP contribution in [-0.4, -0.2) is 51.5 Å². The predicted molar refractivity (Wildman–Crippen MR) is 95.7 cm³/mol. The van der Waals surface area contributed by atoms with Crippen LogP contribution in [0, 0.1) is 0 Å². The molecule has 1 aromatic rings. The molecular formula is C19H27NO6. The minimum atomic E-state index is -0.587. The summed E-state index contributed by atoms with van der Waals surface area (Å²) in [6.45, 7) is 3.50. The first-order chi connectivity index (χ1) is 12.6. The average Bonchev–Trinajstić information content (AvgIpc) is 3.18. The van der Waals surface area contributed by atoms with Crippen LogP contribution in [0.25, 0.3) is 0 Å². The van der Waals surface area contributed by atoms with Gasteiger partial charge in [0.25, 0.3) is 5.91 Å². The minimum Gasteiger partial charge on any atom is -0.493 e. The third-order valence-corrected chi connectivity index (χ3v) is 4.04. The summed E-state index contributed by atoms with van der Waals surface area (Å²) in [5, 5.41) is 2.71. The second kappa shape index (κ2) is 10.7. The van der Waals surface area contributed by atoms with E-state index in [-0.39, 0.29) is 18.6 Å². The van der Waals surface area contributed by atoms with Gasteiger partial charge in [-0.1, -0.05) is 13.3 Å². The maximum absolute atomic E-state index is 12.1. The lowest BCUT2D eigenvalue weighted by atomic mass is 10.2. The number of carbonyl (C=O) groups excluding carboxylic acids is 2. The molecule has 1 fully saturated rings. The summed E-state index contributed by atoms with van der Waals surface area (Å²) < 4.78 is 21.4. The number of hydrogen-bond donors (Lipinski definition) is 1. The number of unbranched alkanes of at least 4 members (excludes halogenated alkanes) is 1. The van der Waals surface area contributed by atoms with Crippen molar-refractivity contribution in [1.82, 2.24) is 5.32 Å². The lowest BCUT2D eigenvalue weighted by Gasteiger charge is -2.12. The maximum atomic E-state index is 12.1. The largest absolute Gasteiger partial charge is 0.493 e. The van der Waals surface area contributed by atoms with Crippen LogP contribution >= 0.6 is 0 Å². The number of ether oxygens (including phenoxy) is 4. The number of nitrogens with one attached hydrogen (secondary N) is 1. The first-order valence-corrected chi connectivity index (χ1v) is 9.00. The first kappa shape index (κ1) is 20.0. The van der Waals surface area contributed by atoms with Crippen molar-refractivity contribution in [3.05, 3.63) is 23.8 Å². The molecule has 144 valence electrons. The quantitative estimate of drug-likeness (QED) is 0.506. The zero-order chi connectivity index (χ0) is 18.8. The van der Waals surface area contributed by atoms with Gasteiger partial charge in [-0.15, -0.1) is 0 Å². The number of rotatable bonds is 10. The fourth-order valence-corrected chi connectivity index (χ4v) is 2.54. The normalized spacial score (nSPS) is 16.2. The van der Waals surface area contributed by atoms with Crippen molar-refractivity contribution >= 4 is 11.9 Å². The van der Waals surface area contributed by atoms with Crippen LogP contribution in [-0.2, 0) is 14.3 Å². The minimum absolute atomic E-state index is 0.0548. The molecule has 1 atom stereocenters.